The number of hydrazone groups is 1. The number of anilines is 1. The summed E-state index contributed by atoms with van der Waals surface area (Å²) >= 11 is 1.22. The van der Waals surface area contributed by atoms with Gasteiger partial charge in [-0.05, 0) is 31.2 Å². The van der Waals surface area contributed by atoms with E-state index in [0.717, 1.165) is 5.69 Å². The van der Waals surface area contributed by atoms with E-state index in [2.05, 4.69) is 36.0 Å². The van der Waals surface area contributed by atoms with Crippen molar-refractivity contribution in [2.24, 2.45) is 5.10 Å². The Morgan fingerprint density at radius 1 is 1.35 bits per heavy atom. The lowest BCUT2D eigenvalue weighted by atomic mass is 10.3. The second-order valence-electron chi connectivity index (χ2n) is 5.14. The highest BCUT2D eigenvalue weighted by atomic mass is 32.2. The zero-order valence-corrected chi connectivity index (χ0v) is 14.8. The highest BCUT2D eigenvalue weighted by molar-refractivity contribution is 7.99. The van der Waals surface area contributed by atoms with Crippen molar-refractivity contribution in [3.05, 3.63) is 54.2 Å². The smallest absolute Gasteiger partial charge is 0.240 e. The minimum atomic E-state index is -0.130. The fourth-order valence-corrected chi connectivity index (χ4v) is 2.54. The fraction of sp³-hybridized carbons (Fsp3) is 0.188. The molecule has 0 saturated carbocycles. The van der Waals surface area contributed by atoms with Gasteiger partial charge in [-0.15, -0.1) is 5.10 Å². The van der Waals surface area contributed by atoms with Crippen LogP contribution in [0.15, 0.2) is 57.5 Å². The van der Waals surface area contributed by atoms with E-state index in [1.807, 2.05) is 25.1 Å². The number of carbonyl (C=O) groups is 1. The van der Waals surface area contributed by atoms with Crippen LogP contribution in [0.25, 0.3) is 0 Å². The molecule has 0 aromatic carbocycles. The lowest BCUT2D eigenvalue weighted by Crippen LogP contribution is -2.24. The van der Waals surface area contributed by atoms with Gasteiger partial charge in [-0.25, -0.2) is 10.5 Å². The maximum atomic E-state index is 11.8. The first-order valence-corrected chi connectivity index (χ1v) is 8.75. The van der Waals surface area contributed by atoms with Crippen LogP contribution in [0.4, 0.5) is 5.95 Å². The van der Waals surface area contributed by atoms with Gasteiger partial charge in [0.15, 0.2) is 0 Å². The number of thioether (sulfide) groups is 1. The van der Waals surface area contributed by atoms with E-state index >= 15 is 0 Å². The van der Waals surface area contributed by atoms with Gasteiger partial charge in [0, 0.05) is 6.20 Å². The number of pyridine rings is 1. The lowest BCUT2D eigenvalue weighted by Gasteiger charge is -2.01. The van der Waals surface area contributed by atoms with Crippen LogP contribution in [0, 0.1) is 0 Å². The van der Waals surface area contributed by atoms with Crippen LogP contribution in [0.5, 0.6) is 0 Å². The van der Waals surface area contributed by atoms with E-state index in [1.165, 1.54) is 11.8 Å². The normalized spacial score (nSPS) is 11.3. The predicted molar refractivity (Wildman–Crippen MR) is 97.7 cm³/mol. The molecule has 3 N–H and O–H groups in total. The van der Waals surface area contributed by atoms with Crippen molar-refractivity contribution in [3.8, 4) is 0 Å². The van der Waals surface area contributed by atoms with Gasteiger partial charge in [-0.2, -0.15) is 10.1 Å². The molecule has 134 valence electrons. The molecule has 10 heteroatoms. The predicted octanol–water partition coefficient (Wildman–Crippen LogP) is 2.04. The number of nitrogens with one attached hydrogen (secondary N) is 3. The number of H-pyrrole nitrogens is 1. The molecule has 1 amide bonds. The van der Waals surface area contributed by atoms with Crippen LogP contribution in [-0.2, 0) is 11.3 Å². The molecule has 26 heavy (non-hydrogen) atoms. The van der Waals surface area contributed by atoms with Gasteiger partial charge >= 0.3 is 0 Å². The Morgan fingerprint density at radius 3 is 3.04 bits per heavy atom. The molecule has 3 aromatic rings. The third-order valence-corrected chi connectivity index (χ3v) is 4.05. The number of carbonyl (C=O) groups excluding carboxylic acids is 1. The Labute approximate surface area is 153 Å². The Hall–Kier alpha value is -3.14. The molecule has 0 spiro atoms. The highest BCUT2D eigenvalue weighted by Gasteiger charge is 2.08. The quantitative estimate of drug-likeness (QED) is 0.315. The molecule has 0 bridgehead atoms. The van der Waals surface area contributed by atoms with E-state index < -0.39 is 0 Å². The molecule has 3 aromatic heterocycles. The Kier molecular flexibility index (Phi) is 5.99. The summed E-state index contributed by atoms with van der Waals surface area (Å²) in [5, 5.41) is 14.2. The summed E-state index contributed by atoms with van der Waals surface area (Å²) in [6.07, 6.45) is 3.27. The van der Waals surface area contributed by atoms with E-state index in [0.29, 0.717) is 29.1 Å². The van der Waals surface area contributed by atoms with Gasteiger partial charge in [0.25, 0.3) is 0 Å². The molecule has 0 aliphatic rings. The summed E-state index contributed by atoms with van der Waals surface area (Å²) in [5.74, 6) is 1.16. The zero-order chi connectivity index (χ0) is 18.2. The number of aromatic nitrogens is 4. The van der Waals surface area contributed by atoms with Gasteiger partial charge in [-0.3, -0.25) is 9.78 Å². The SMILES string of the molecule is C/C(=N\Nc1nc(SCC(=O)NCc2ccco2)n[nH]1)c1ccccn1. The van der Waals surface area contributed by atoms with Crippen molar-refractivity contribution >= 4 is 29.3 Å². The molecule has 0 unspecified atom stereocenters. The summed E-state index contributed by atoms with van der Waals surface area (Å²) in [5.41, 5.74) is 4.27. The van der Waals surface area contributed by atoms with Gasteiger partial charge in [0.2, 0.25) is 17.0 Å². The van der Waals surface area contributed by atoms with E-state index in [1.54, 1.807) is 24.6 Å². The summed E-state index contributed by atoms with van der Waals surface area (Å²) in [6, 6.07) is 9.17. The largest absolute Gasteiger partial charge is 0.467 e. The fourth-order valence-electron chi connectivity index (χ4n) is 1.91. The number of rotatable bonds is 8. The average Bonchev–Trinajstić information content (AvgIpc) is 3.35. The third-order valence-electron chi connectivity index (χ3n) is 3.20. The summed E-state index contributed by atoms with van der Waals surface area (Å²) in [6.45, 7) is 2.19. The number of aromatic amines is 1. The maximum Gasteiger partial charge on any atom is 0.240 e. The number of amides is 1. The van der Waals surface area contributed by atoms with Crippen LogP contribution in [0.2, 0.25) is 0 Å². The van der Waals surface area contributed by atoms with Crippen molar-refractivity contribution in [1.82, 2.24) is 25.5 Å². The van der Waals surface area contributed by atoms with Crippen molar-refractivity contribution in [1.29, 1.82) is 0 Å². The lowest BCUT2D eigenvalue weighted by molar-refractivity contribution is -0.118. The third kappa shape index (κ3) is 5.18. The molecule has 9 nitrogen and oxygen atoms in total. The minimum Gasteiger partial charge on any atom is -0.467 e. The van der Waals surface area contributed by atoms with E-state index in [-0.39, 0.29) is 11.7 Å². The second kappa shape index (κ2) is 8.81. The van der Waals surface area contributed by atoms with E-state index in [9.17, 15) is 4.79 Å². The van der Waals surface area contributed by atoms with Crippen LogP contribution in [0.1, 0.15) is 18.4 Å². The standard InChI is InChI=1S/C16H17N7O2S/c1-11(13-6-2-3-7-17-13)20-21-15-19-16(23-22-15)26-10-14(24)18-9-12-5-4-8-25-12/h2-8H,9-10H2,1H3,(H,18,24)(H2,19,21,22,23)/b20-11+. The summed E-state index contributed by atoms with van der Waals surface area (Å²) in [4.78, 5) is 20.2. The van der Waals surface area contributed by atoms with E-state index in [4.69, 9.17) is 4.42 Å². The topological polar surface area (TPSA) is 121 Å². The molecular formula is C16H17N7O2S. The van der Waals surface area contributed by atoms with Crippen molar-refractivity contribution < 1.29 is 9.21 Å². The monoisotopic (exact) mass is 371 g/mol. The Bertz CT molecular complexity index is 862. The first kappa shape index (κ1) is 17.7. The first-order valence-electron chi connectivity index (χ1n) is 7.76. The summed E-state index contributed by atoms with van der Waals surface area (Å²) in [7, 11) is 0. The second-order valence-corrected chi connectivity index (χ2v) is 6.08. The van der Waals surface area contributed by atoms with Crippen molar-refractivity contribution in [3.63, 3.8) is 0 Å². The molecular weight excluding hydrogens is 354 g/mol. The zero-order valence-electron chi connectivity index (χ0n) is 14.0. The molecule has 0 saturated heterocycles. The number of nitrogens with zero attached hydrogens (tertiary/aromatic N) is 4. The number of hydrogen-bond acceptors (Lipinski definition) is 8. The molecule has 0 aliphatic carbocycles. The summed E-state index contributed by atoms with van der Waals surface area (Å²) < 4.78 is 5.15. The molecule has 0 radical (unpaired) electrons. The van der Waals surface area contributed by atoms with Gasteiger partial charge in [0.1, 0.15) is 5.76 Å². The van der Waals surface area contributed by atoms with Crippen LogP contribution in [-0.4, -0.2) is 37.5 Å². The van der Waals surface area contributed by atoms with Crippen LogP contribution in [0.3, 0.4) is 0 Å². The van der Waals surface area contributed by atoms with Crippen LogP contribution >= 0.6 is 11.8 Å². The molecule has 0 aliphatic heterocycles. The first-order chi connectivity index (χ1) is 12.7. The number of furan rings is 1. The van der Waals surface area contributed by atoms with Gasteiger partial charge < -0.3 is 9.73 Å². The maximum absolute atomic E-state index is 11.8. The Morgan fingerprint density at radius 2 is 2.27 bits per heavy atom. The van der Waals surface area contributed by atoms with Crippen molar-refractivity contribution in [2.75, 3.05) is 11.2 Å². The van der Waals surface area contributed by atoms with Crippen LogP contribution < -0.4 is 10.7 Å². The highest BCUT2D eigenvalue weighted by Crippen LogP contribution is 2.13. The van der Waals surface area contributed by atoms with Gasteiger partial charge in [0.05, 0.1) is 30.0 Å². The average molecular weight is 371 g/mol. The number of hydrogen-bond donors (Lipinski definition) is 3. The Balaban J connectivity index is 1.45. The van der Waals surface area contributed by atoms with Gasteiger partial charge in [-0.1, -0.05) is 17.8 Å². The molecule has 0 atom stereocenters. The van der Waals surface area contributed by atoms with Crippen molar-refractivity contribution in [2.45, 2.75) is 18.6 Å². The molecule has 3 rings (SSSR count). The minimum absolute atomic E-state index is 0.130. The molecule has 0 fully saturated rings. The molecule has 3 heterocycles.